The Morgan fingerprint density at radius 1 is 0.708 bits per heavy atom. The molecule has 2 nitrogen and oxygen atoms in total. The van der Waals surface area contributed by atoms with Crippen molar-refractivity contribution in [3.05, 3.63) is 23.3 Å². The topological polar surface area (TPSA) is 18.5 Å². The van der Waals surface area contributed by atoms with Crippen LogP contribution in [0.4, 0.5) is 0 Å². The second-order valence-corrected chi connectivity index (χ2v) is 5.95. The van der Waals surface area contributed by atoms with Gasteiger partial charge in [0.05, 0.1) is 24.3 Å². The van der Waals surface area contributed by atoms with Crippen LogP contribution < -0.4 is 9.47 Å². The van der Waals surface area contributed by atoms with E-state index in [2.05, 4.69) is 25.7 Å². The number of hydrogen-bond donors (Lipinski definition) is 0. The zero-order valence-electron chi connectivity index (χ0n) is 15.2. The van der Waals surface area contributed by atoms with Crippen molar-refractivity contribution in [3.63, 3.8) is 0 Å². The standard InChI is InChI=1S/C22H30O2/c1-5-9-11-13-15-23-21-18-22(24-16-14-12-10-6-2)20(8-4)17-19(21)7-3/h3-4,17-18H,5-6,9-16H2,1-2H3. The molecular weight excluding hydrogens is 296 g/mol. The van der Waals surface area contributed by atoms with Gasteiger partial charge in [-0.3, -0.25) is 0 Å². The fourth-order valence-corrected chi connectivity index (χ4v) is 2.45. The summed E-state index contributed by atoms with van der Waals surface area (Å²) in [5.74, 6) is 6.70. The number of benzene rings is 1. The van der Waals surface area contributed by atoms with Gasteiger partial charge in [0.2, 0.25) is 0 Å². The van der Waals surface area contributed by atoms with Crippen molar-refractivity contribution in [2.24, 2.45) is 0 Å². The molecule has 0 saturated heterocycles. The molecular formula is C22H30O2. The number of hydrogen-bond acceptors (Lipinski definition) is 2. The molecule has 0 aromatic heterocycles. The van der Waals surface area contributed by atoms with E-state index < -0.39 is 0 Å². The smallest absolute Gasteiger partial charge is 0.138 e. The molecule has 1 aromatic carbocycles. The van der Waals surface area contributed by atoms with Crippen molar-refractivity contribution in [1.82, 2.24) is 0 Å². The van der Waals surface area contributed by atoms with E-state index in [4.69, 9.17) is 22.3 Å². The average Bonchev–Trinajstić information content (AvgIpc) is 2.61. The van der Waals surface area contributed by atoms with Gasteiger partial charge in [-0.05, 0) is 18.9 Å². The van der Waals surface area contributed by atoms with Crippen LogP contribution in [0.15, 0.2) is 12.1 Å². The summed E-state index contributed by atoms with van der Waals surface area (Å²) in [5.41, 5.74) is 1.38. The van der Waals surface area contributed by atoms with Gasteiger partial charge in [0.15, 0.2) is 0 Å². The van der Waals surface area contributed by atoms with Gasteiger partial charge in [0.25, 0.3) is 0 Å². The number of terminal acetylenes is 2. The maximum Gasteiger partial charge on any atom is 0.138 e. The number of rotatable bonds is 12. The molecule has 0 aliphatic carbocycles. The summed E-state index contributed by atoms with van der Waals surface area (Å²) in [6.07, 6.45) is 20.5. The molecule has 0 aliphatic rings. The van der Waals surface area contributed by atoms with Gasteiger partial charge in [-0.15, -0.1) is 12.8 Å². The largest absolute Gasteiger partial charge is 0.492 e. The van der Waals surface area contributed by atoms with E-state index in [0.29, 0.717) is 35.8 Å². The van der Waals surface area contributed by atoms with Gasteiger partial charge in [-0.25, -0.2) is 0 Å². The zero-order chi connectivity index (χ0) is 17.6. The molecule has 0 bridgehead atoms. The number of ether oxygens (including phenoxy) is 2. The summed E-state index contributed by atoms with van der Waals surface area (Å²) in [7, 11) is 0. The first-order chi connectivity index (χ1) is 11.8. The van der Waals surface area contributed by atoms with Crippen LogP contribution in [-0.4, -0.2) is 13.2 Å². The van der Waals surface area contributed by atoms with E-state index in [0.717, 1.165) is 12.8 Å². The highest BCUT2D eigenvalue weighted by atomic mass is 16.5. The van der Waals surface area contributed by atoms with E-state index in [9.17, 15) is 0 Å². The fourth-order valence-electron chi connectivity index (χ4n) is 2.45. The van der Waals surface area contributed by atoms with Crippen LogP contribution in [0.3, 0.4) is 0 Å². The van der Waals surface area contributed by atoms with Gasteiger partial charge in [0, 0.05) is 6.07 Å². The van der Waals surface area contributed by atoms with E-state index in [-0.39, 0.29) is 0 Å². The Hall–Kier alpha value is -2.06. The highest BCUT2D eigenvalue weighted by Crippen LogP contribution is 2.29. The Labute approximate surface area is 147 Å². The van der Waals surface area contributed by atoms with Gasteiger partial charge in [0.1, 0.15) is 11.5 Å². The van der Waals surface area contributed by atoms with Gasteiger partial charge in [-0.2, -0.15) is 0 Å². The van der Waals surface area contributed by atoms with E-state index >= 15 is 0 Å². The maximum absolute atomic E-state index is 5.87. The molecule has 0 fully saturated rings. The molecule has 2 heteroatoms. The zero-order valence-corrected chi connectivity index (χ0v) is 15.2. The fraction of sp³-hybridized carbons (Fsp3) is 0.545. The van der Waals surface area contributed by atoms with Crippen molar-refractivity contribution in [3.8, 4) is 36.2 Å². The third-order valence-electron chi connectivity index (χ3n) is 3.90. The van der Waals surface area contributed by atoms with Gasteiger partial charge in [-0.1, -0.05) is 64.2 Å². The van der Waals surface area contributed by atoms with Gasteiger partial charge >= 0.3 is 0 Å². The highest BCUT2D eigenvalue weighted by molar-refractivity contribution is 5.57. The average molecular weight is 326 g/mol. The second-order valence-electron chi connectivity index (χ2n) is 5.95. The number of unbranched alkanes of at least 4 members (excludes halogenated alkanes) is 6. The second kappa shape index (κ2) is 12.4. The Kier molecular flexibility index (Phi) is 10.3. The van der Waals surface area contributed by atoms with Crippen LogP contribution in [0.5, 0.6) is 11.5 Å². The van der Waals surface area contributed by atoms with Crippen molar-refractivity contribution in [1.29, 1.82) is 0 Å². The third-order valence-corrected chi connectivity index (χ3v) is 3.90. The van der Waals surface area contributed by atoms with Crippen LogP contribution in [0.2, 0.25) is 0 Å². The highest BCUT2D eigenvalue weighted by Gasteiger charge is 2.10. The van der Waals surface area contributed by atoms with Gasteiger partial charge < -0.3 is 9.47 Å². The van der Waals surface area contributed by atoms with Crippen LogP contribution in [0, 0.1) is 24.7 Å². The Morgan fingerprint density at radius 3 is 1.54 bits per heavy atom. The van der Waals surface area contributed by atoms with Crippen molar-refractivity contribution < 1.29 is 9.47 Å². The minimum absolute atomic E-state index is 0.667. The minimum atomic E-state index is 0.667. The summed E-state index contributed by atoms with van der Waals surface area (Å²) in [6.45, 7) is 5.72. The van der Waals surface area contributed by atoms with Crippen LogP contribution in [0.1, 0.15) is 76.3 Å². The Balaban J connectivity index is 2.70. The molecule has 0 atom stereocenters. The lowest BCUT2D eigenvalue weighted by Gasteiger charge is -2.13. The van der Waals surface area contributed by atoms with E-state index in [1.807, 2.05) is 12.1 Å². The molecule has 0 amide bonds. The monoisotopic (exact) mass is 326 g/mol. The van der Waals surface area contributed by atoms with Crippen molar-refractivity contribution in [2.45, 2.75) is 65.2 Å². The van der Waals surface area contributed by atoms with E-state index in [1.165, 1.54) is 38.5 Å². The van der Waals surface area contributed by atoms with Crippen molar-refractivity contribution >= 4 is 0 Å². The maximum atomic E-state index is 5.87. The predicted octanol–water partition coefficient (Wildman–Crippen LogP) is 5.57. The van der Waals surface area contributed by atoms with Crippen molar-refractivity contribution in [2.75, 3.05) is 13.2 Å². The van der Waals surface area contributed by atoms with E-state index in [1.54, 1.807) is 0 Å². The molecule has 0 saturated carbocycles. The molecule has 1 aromatic rings. The molecule has 0 unspecified atom stereocenters. The molecule has 24 heavy (non-hydrogen) atoms. The van der Waals surface area contributed by atoms with Crippen LogP contribution in [0.25, 0.3) is 0 Å². The Morgan fingerprint density at radius 2 is 1.17 bits per heavy atom. The molecule has 0 N–H and O–H groups in total. The first-order valence-corrected chi connectivity index (χ1v) is 9.13. The quantitative estimate of drug-likeness (QED) is 0.369. The first-order valence-electron chi connectivity index (χ1n) is 9.13. The minimum Gasteiger partial charge on any atom is -0.492 e. The molecule has 0 radical (unpaired) electrons. The van der Waals surface area contributed by atoms with Crippen LogP contribution in [-0.2, 0) is 0 Å². The SMILES string of the molecule is C#Cc1cc(C#C)c(OCCCCCC)cc1OCCCCCC. The summed E-state index contributed by atoms with van der Waals surface area (Å²) in [5, 5.41) is 0. The summed E-state index contributed by atoms with van der Waals surface area (Å²) < 4.78 is 11.7. The predicted molar refractivity (Wildman–Crippen MR) is 102 cm³/mol. The Bertz CT molecular complexity index is 513. The first kappa shape index (κ1) is 20.0. The summed E-state index contributed by atoms with van der Waals surface area (Å²) >= 11 is 0. The molecule has 1 rings (SSSR count). The molecule has 0 heterocycles. The normalized spacial score (nSPS) is 10.0. The lowest BCUT2D eigenvalue weighted by Crippen LogP contribution is -2.03. The molecule has 130 valence electrons. The lowest BCUT2D eigenvalue weighted by molar-refractivity contribution is 0.289. The summed E-state index contributed by atoms with van der Waals surface area (Å²) in [4.78, 5) is 0. The summed E-state index contributed by atoms with van der Waals surface area (Å²) in [6, 6.07) is 3.66. The third kappa shape index (κ3) is 7.01. The van der Waals surface area contributed by atoms with Crippen LogP contribution >= 0.6 is 0 Å². The molecule has 0 aliphatic heterocycles. The lowest BCUT2D eigenvalue weighted by atomic mass is 10.1. The molecule has 0 spiro atoms.